The van der Waals surface area contributed by atoms with Gasteiger partial charge < -0.3 is 29.2 Å². The fraction of sp³-hybridized carbons (Fsp3) is 0.423. The second-order valence-corrected chi connectivity index (χ2v) is 9.22. The number of nitrogens with zero attached hydrogens (tertiary/aromatic N) is 3. The van der Waals surface area contributed by atoms with Gasteiger partial charge in [0.1, 0.15) is 5.56 Å². The molecule has 38 heavy (non-hydrogen) atoms. The zero-order valence-electron chi connectivity index (χ0n) is 20.3. The summed E-state index contributed by atoms with van der Waals surface area (Å²) in [5.74, 6) is -1.56. The minimum Gasteiger partial charge on any atom is -0.477 e. The zero-order chi connectivity index (χ0) is 25.7. The maximum Gasteiger partial charge on any atom is 0.387 e. The third kappa shape index (κ3) is 5.14. The summed E-state index contributed by atoms with van der Waals surface area (Å²) in [5, 5.41) is 12.5. The van der Waals surface area contributed by atoms with Crippen LogP contribution in [-0.2, 0) is 17.9 Å². The normalized spacial score (nSPS) is 15.4. The van der Waals surface area contributed by atoms with Gasteiger partial charge in [0.25, 0.3) is 0 Å². The van der Waals surface area contributed by atoms with E-state index in [2.05, 4.69) is 5.32 Å². The Bertz CT molecular complexity index is 1430. The quantitative estimate of drug-likeness (QED) is 0.464. The van der Waals surface area contributed by atoms with E-state index in [0.717, 1.165) is 18.5 Å². The molecule has 5 rings (SSSR count). The summed E-state index contributed by atoms with van der Waals surface area (Å²) in [5.41, 5.74) is 0.818. The van der Waals surface area contributed by atoms with E-state index in [0.29, 0.717) is 30.8 Å². The number of amides is 1. The van der Waals surface area contributed by atoms with Gasteiger partial charge in [0.05, 0.1) is 23.5 Å². The minimum atomic E-state index is -3.15. The van der Waals surface area contributed by atoms with Crippen molar-refractivity contribution in [1.82, 2.24) is 19.4 Å². The van der Waals surface area contributed by atoms with E-state index in [1.165, 1.54) is 18.3 Å². The predicted octanol–water partition coefficient (Wildman–Crippen LogP) is 3.80. The molecule has 1 aliphatic carbocycles. The van der Waals surface area contributed by atoms with Crippen molar-refractivity contribution in [3.8, 4) is 16.9 Å². The number of likely N-dealkylation sites (N-methyl/N-ethyl adjacent to an activating group) is 1. The largest absolute Gasteiger partial charge is 0.477 e. The lowest BCUT2D eigenvalue weighted by Crippen LogP contribution is -2.46. The van der Waals surface area contributed by atoms with Gasteiger partial charge in [0.15, 0.2) is 5.75 Å². The smallest absolute Gasteiger partial charge is 0.387 e. The number of aromatic nitrogens is 2. The summed E-state index contributed by atoms with van der Waals surface area (Å²) in [6, 6.07) is 4.38. The number of carboxylic acid groups (broad SMARTS) is 1. The maximum atomic E-state index is 13.6. The molecule has 2 N–H and O–H groups in total. The number of nitrogens with one attached hydrogen (secondary N) is 1. The third-order valence-corrected chi connectivity index (χ3v) is 6.90. The highest BCUT2D eigenvalue weighted by Gasteiger charge is 2.31. The number of carbonyl (C=O) groups is 2. The monoisotopic (exact) mass is 550 g/mol. The van der Waals surface area contributed by atoms with Crippen LogP contribution in [0.25, 0.3) is 22.0 Å². The molecule has 0 unspecified atom stereocenters. The van der Waals surface area contributed by atoms with Crippen LogP contribution in [0, 0.1) is 0 Å². The molecule has 0 radical (unpaired) electrons. The van der Waals surface area contributed by atoms with Crippen molar-refractivity contribution in [1.29, 1.82) is 0 Å². The lowest BCUT2D eigenvalue weighted by molar-refractivity contribution is -0.134. The number of fused-ring (bicyclic) bond motifs is 2. The van der Waals surface area contributed by atoms with Crippen LogP contribution in [-0.4, -0.2) is 57.3 Å². The molecule has 1 atom stereocenters. The van der Waals surface area contributed by atoms with Gasteiger partial charge in [-0.15, -0.1) is 0 Å². The molecule has 9 nitrogen and oxygen atoms in total. The van der Waals surface area contributed by atoms with E-state index in [-0.39, 0.29) is 55.6 Å². The summed E-state index contributed by atoms with van der Waals surface area (Å²) in [6.07, 6.45) is 4.53. The summed E-state index contributed by atoms with van der Waals surface area (Å²) < 4.78 is 35.8. The molecule has 1 saturated carbocycles. The van der Waals surface area contributed by atoms with Gasteiger partial charge in [0, 0.05) is 48.3 Å². The van der Waals surface area contributed by atoms with Crippen molar-refractivity contribution in [2.75, 3.05) is 13.6 Å². The topological polar surface area (TPSA) is 106 Å². The van der Waals surface area contributed by atoms with Crippen molar-refractivity contribution in [3.05, 3.63) is 52.1 Å². The minimum absolute atomic E-state index is 0. The van der Waals surface area contributed by atoms with Gasteiger partial charge in [-0.05, 0) is 45.0 Å². The average Bonchev–Trinajstić information content (AvgIpc) is 3.60. The van der Waals surface area contributed by atoms with E-state index in [9.17, 15) is 28.3 Å². The van der Waals surface area contributed by atoms with E-state index < -0.39 is 23.6 Å². The summed E-state index contributed by atoms with van der Waals surface area (Å²) in [7, 11) is 1.72. The molecule has 2 aromatic heterocycles. The Balaban J connectivity index is 0.00000200. The van der Waals surface area contributed by atoms with Gasteiger partial charge >= 0.3 is 12.6 Å². The fourth-order valence-electron chi connectivity index (χ4n) is 4.78. The van der Waals surface area contributed by atoms with Gasteiger partial charge in [0.2, 0.25) is 11.3 Å². The second-order valence-electron chi connectivity index (χ2n) is 9.22. The number of carboxylic acids is 1. The predicted molar refractivity (Wildman–Crippen MR) is 145 cm³/mol. The number of alkyl halides is 2. The highest BCUT2D eigenvalue weighted by Crippen LogP contribution is 2.43. The van der Waals surface area contributed by atoms with Gasteiger partial charge in [-0.3, -0.25) is 9.59 Å². The number of hydrogen-bond acceptors (Lipinski definition) is 5. The van der Waals surface area contributed by atoms with Crippen LogP contribution in [0.3, 0.4) is 0 Å². The Hall–Kier alpha value is -3.38. The Morgan fingerprint density at radius 1 is 1.18 bits per heavy atom. The Morgan fingerprint density at radius 2 is 1.89 bits per heavy atom. The van der Waals surface area contributed by atoms with Gasteiger partial charge in [-0.25, -0.2) is 4.79 Å². The number of rotatable bonds is 7. The number of pyridine rings is 1. The van der Waals surface area contributed by atoms with E-state index >= 15 is 0 Å². The second kappa shape index (κ2) is 11.2. The summed E-state index contributed by atoms with van der Waals surface area (Å²) >= 11 is 0. The molecule has 3 aromatic rings. The first-order valence-corrected chi connectivity index (χ1v) is 11.7. The number of aromatic carboxylic acids is 1. The lowest BCUT2D eigenvalue weighted by Gasteiger charge is -2.30. The first kappa shape index (κ1) is 29.2. The zero-order valence-corrected chi connectivity index (χ0v) is 21.3. The van der Waals surface area contributed by atoms with Crippen molar-refractivity contribution in [2.24, 2.45) is 0 Å². The number of hydrogen-bond donors (Lipinski definition) is 2. The molecule has 12 heteroatoms. The van der Waals surface area contributed by atoms with Crippen molar-refractivity contribution in [2.45, 2.75) is 59.0 Å². The van der Waals surface area contributed by atoms with Crippen molar-refractivity contribution >= 4 is 36.3 Å². The molecule has 0 saturated heterocycles. The number of benzene rings is 1. The molecular weight excluding hydrogens is 518 g/mol. The van der Waals surface area contributed by atoms with Crippen LogP contribution in [0.4, 0.5) is 8.78 Å². The molecule has 206 valence electrons. The van der Waals surface area contributed by atoms with Crippen LogP contribution < -0.4 is 15.5 Å². The van der Waals surface area contributed by atoms with Crippen molar-refractivity contribution in [3.63, 3.8) is 0 Å². The number of halogens is 2. The van der Waals surface area contributed by atoms with Crippen LogP contribution in [0.15, 0.2) is 35.4 Å². The SMILES string of the molecule is C.CN[C@@H](C)C(=O)N1CCn2cc(-c3ccc4c(=O)c(C(=O)O)cn(C5CC5)c4c3OC(F)F)cc2C1.S. The molecule has 1 aliphatic heterocycles. The molecule has 3 heterocycles. The Labute approximate surface area is 225 Å². The molecule has 1 aromatic carbocycles. The maximum absolute atomic E-state index is 13.6. The third-order valence-electron chi connectivity index (χ3n) is 6.90. The highest BCUT2D eigenvalue weighted by molar-refractivity contribution is 7.59. The van der Waals surface area contributed by atoms with Crippen LogP contribution in [0.5, 0.6) is 5.75 Å². The van der Waals surface area contributed by atoms with E-state index in [1.54, 1.807) is 23.4 Å². The van der Waals surface area contributed by atoms with Gasteiger partial charge in [-0.1, -0.05) is 7.43 Å². The molecule has 0 spiro atoms. The Morgan fingerprint density at radius 3 is 2.50 bits per heavy atom. The van der Waals surface area contributed by atoms with Crippen molar-refractivity contribution < 1.29 is 28.2 Å². The molecule has 2 aliphatic rings. The van der Waals surface area contributed by atoms with E-state index in [4.69, 9.17) is 4.74 Å². The van der Waals surface area contributed by atoms with Crippen LogP contribution in [0.1, 0.15) is 49.3 Å². The first-order chi connectivity index (χ1) is 17.2. The summed E-state index contributed by atoms with van der Waals surface area (Å²) in [4.78, 5) is 38.9. The molecule has 0 bridgehead atoms. The molecule has 1 fully saturated rings. The number of ether oxygens (including phenoxy) is 1. The fourth-order valence-corrected chi connectivity index (χ4v) is 4.78. The first-order valence-electron chi connectivity index (χ1n) is 11.7. The number of carbonyl (C=O) groups excluding carboxylic acids is 1. The highest BCUT2D eigenvalue weighted by atomic mass is 32.1. The Kier molecular flexibility index (Phi) is 8.57. The molecule has 1 amide bonds. The standard InChI is InChI=1S/C25H26F2N4O5.CH4.H2S/c1-13(28-2)23(33)30-8-7-29-10-14(9-16(29)11-30)17-5-6-18-20(22(17)36-25(26)27)31(15-3-4-15)12-19(21(18)32)24(34)35;;/h5-6,9-10,12-13,15,25,28H,3-4,7-8,11H2,1-2H3,(H,34,35);1H4;1H2/t13-;;/m0../s1. The molecular formula is C26H32F2N4O5S. The average molecular weight is 551 g/mol. The van der Waals surface area contributed by atoms with E-state index in [1.807, 2.05) is 16.8 Å². The van der Waals surface area contributed by atoms with Crippen LogP contribution >= 0.6 is 13.5 Å². The van der Waals surface area contributed by atoms with Crippen LogP contribution in [0.2, 0.25) is 0 Å². The summed E-state index contributed by atoms with van der Waals surface area (Å²) in [6.45, 7) is 0.0797. The van der Waals surface area contributed by atoms with Gasteiger partial charge in [-0.2, -0.15) is 22.3 Å². The lowest BCUT2D eigenvalue weighted by atomic mass is 10.0.